The second kappa shape index (κ2) is 5.26. The third-order valence-corrected chi connectivity index (χ3v) is 4.39. The summed E-state index contributed by atoms with van der Waals surface area (Å²) in [6.07, 6.45) is 0. The number of phenolic OH excluding ortho intramolecular Hbond substituents is 1. The maximum Gasteiger partial charge on any atom is 0.176 e. The fraction of sp³-hybridized carbons (Fsp3) is 0.364. The molecule has 18 heavy (non-hydrogen) atoms. The lowest BCUT2D eigenvalue weighted by atomic mass is 10.2. The average molecular weight is 290 g/mol. The van der Waals surface area contributed by atoms with Crippen LogP contribution in [0.25, 0.3) is 0 Å². The second-order valence-electron chi connectivity index (χ2n) is 3.93. The van der Waals surface area contributed by atoms with Gasteiger partial charge in [0.05, 0.1) is 17.9 Å². The Morgan fingerprint density at radius 3 is 2.94 bits per heavy atom. The van der Waals surface area contributed by atoms with Gasteiger partial charge in [-0.1, -0.05) is 23.4 Å². The number of halogens is 1. The number of carboxylic acids is 1. The first-order chi connectivity index (χ1) is 8.52. The van der Waals surface area contributed by atoms with Crippen LogP contribution in [0.2, 0.25) is 5.02 Å². The van der Waals surface area contributed by atoms with E-state index < -0.39 is 12.0 Å². The highest BCUT2D eigenvalue weighted by Gasteiger charge is 2.31. The van der Waals surface area contributed by atoms with Gasteiger partial charge in [0.15, 0.2) is 16.9 Å². The molecule has 0 saturated carbocycles. The van der Waals surface area contributed by atoms with E-state index in [0.29, 0.717) is 5.75 Å². The van der Waals surface area contributed by atoms with Crippen LogP contribution >= 0.6 is 23.4 Å². The number of hydrogen-bond acceptors (Lipinski definition) is 5. The molecule has 0 unspecified atom stereocenters. The summed E-state index contributed by atoms with van der Waals surface area (Å²) in [6, 6.07) is 2.72. The summed E-state index contributed by atoms with van der Waals surface area (Å²) in [5.41, 5.74) is 0.809. The van der Waals surface area contributed by atoms with Gasteiger partial charge in [0, 0.05) is 5.56 Å². The highest BCUT2D eigenvalue weighted by atomic mass is 35.5. The van der Waals surface area contributed by atoms with Gasteiger partial charge in [-0.15, -0.1) is 0 Å². The van der Waals surface area contributed by atoms with Crippen LogP contribution in [0.4, 0.5) is 0 Å². The van der Waals surface area contributed by atoms with Crippen LogP contribution in [0.5, 0.6) is 11.5 Å². The topological polar surface area (TPSA) is 86.2 Å². The number of benzene rings is 1. The number of thioether (sulfide) groups is 1. The number of aromatic hydroxyl groups is 1. The summed E-state index contributed by atoms with van der Waals surface area (Å²) in [6.45, 7) is 0. The minimum absolute atomic E-state index is 0.0834. The molecule has 1 heterocycles. The maximum absolute atomic E-state index is 10.8. The van der Waals surface area contributed by atoms with E-state index in [9.17, 15) is 15.0 Å². The summed E-state index contributed by atoms with van der Waals surface area (Å²) in [5.74, 6) is -0.416. The van der Waals surface area contributed by atoms with Crippen molar-refractivity contribution < 1.29 is 25.1 Å². The summed E-state index contributed by atoms with van der Waals surface area (Å²) < 4.78 is 5.01. The molecule has 1 aromatic rings. The molecule has 1 saturated heterocycles. The largest absolute Gasteiger partial charge is 0.544 e. The summed E-state index contributed by atoms with van der Waals surface area (Å²) >= 11 is 7.39. The van der Waals surface area contributed by atoms with Crippen LogP contribution in [-0.4, -0.2) is 30.0 Å². The van der Waals surface area contributed by atoms with E-state index in [-0.39, 0.29) is 21.9 Å². The number of nitrogens with two attached hydrogens (primary N) is 1. The SMILES string of the molecule is COc1cc([C@@H]2[NH2+][C@H](C(=O)[O-])CS2)cc(Cl)c1O. The molecule has 98 valence electrons. The van der Waals surface area contributed by atoms with Crippen molar-refractivity contribution in [3.63, 3.8) is 0 Å². The van der Waals surface area contributed by atoms with Gasteiger partial charge in [-0.05, 0) is 12.1 Å². The summed E-state index contributed by atoms with van der Waals surface area (Å²) in [4.78, 5) is 10.8. The van der Waals surface area contributed by atoms with E-state index >= 15 is 0 Å². The van der Waals surface area contributed by atoms with Gasteiger partial charge in [-0.25, -0.2) is 0 Å². The zero-order valence-electron chi connectivity index (χ0n) is 9.55. The highest BCUT2D eigenvalue weighted by molar-refractivity contribution is 7.99. The van der Waals surface area contributed by atoms with E-state index in [1.54, 1.807) is 17.4 Å². The number of carbonyl (C=O) groups is 1. The molecule has 0 radical (unpaired) electrons. The summed E-state index contributed by atoms with van der Waals surface area (Å²) in [5, 5.41) is 22.2. The smallest absolute Gasteiger partial charge is 0.176 e. The first kappa shape index (κ1) is 13.3. The molecule has 0 aliphatic carbocycles. The van der Waals surface area contributed by atoms with Gasteiger partial charge in [-0.3, -0.25) is 0 Å². The quantitative estimate of drug-likeness (QED) is 0.782. The van der Waals surface area contributed by atoms with Gasteiger partial charge in [0.2, 0.25) is 0 Å². The monoisotopic (exact) mass is 289 g/mol. The normalized spacial score (nSPS) is 23.0. The molecule has 1 fully saturated rings. The molecular formula is C11H12ClNO4S. The number of hydrogen-bond donors (Lipinski definition) is 2. The third-order valence-electron chi connectivity index (χ3n) is 2.76. The molecule has 1 aromatic carbocycles. The van der Waals surface area contributed by atoms with Gasteiger partial charge >= 0.3 is 0 Å². The third kappa shape index (κ3) is 2.50. The highest BCUT2D eigenvalue weighted by Crippen LogP contribution is 2.38. The van der Waals surface area contributed by atoms with Crippen molar-refractivity contribution in [2.75, 3.05) is 12.9 Å². The van der Waals surface area contributed by atoms with Crippen LogP contribution in [0.15, 0.2) is 12.1 Å². The van der Waals surface area contributed by atoms with Crippen LogP contribution in [-0.2, 0) is 4.79 Å². The van der Waals surface area contributed by atoms with Crippen molar-refractivity contribution in [3.05, 3.63) is 22.7 Å². The van der Waals surface area contributed by atoms with Crippen molar-refractivity contribution in [2.45, 2.75) is 11.4 Å². The fourth-order valence-corrected chi connectivity index (χ4v) is 3.31. The lowest BCUT2D eigenvalue weighted by Gasteiger charge is -2.13. The molecule has 0 aromatic heterocycles. The van der Waals surface area contributed by atoms with E-state index in [1.165, 1.54) is 18.9 Å². The fourth-order valence-electron chi connectivity index (χ4n) is 1.80. The van der Waals surface area contributed by atoms with E-state index in [0.717, 1.165) is 5.56 Å². The molecular weight excluding hydrogens is 278 g/mol. The number of methoxy groups -OCH3 is 1. The second-order valence-corrected chi connectivity index (χ2v) is 5.51. The predicted octanol–water partition coefficient (Wildman–Crippen LogP) is -0.518. The minimum Gasteiger partial charge on any atom is -0.544 e. The van der Waals surface area contributed by atoms with Gasteiger partial charge in [0.25, 0.3) is 0 Å². The number of quaternary nitrogens is 1. The Kier molecular flexibility index (Phi) is 3.89. The number of phenols is 1. The lowest BCUT2D eigenvalue weighted by Crippen LogP contribution is -2.90. The number of ether oxygens (including phenoxy) is 1. The van der Waals surface area contributed by atoms with E-state index in [4.69, 9.17) is 16.3 Å². The van der Waals surface area contributed by atoms with Crippen LogP contribution in [0, 0.1) is 0 Å². The van der Waals surface area contributed by atoms with Crippen LogP contribution < -0.4 is 15.2 Å². The van der Waals surface area contributed by atoms with E-state index in [2.05, 4.69) is 0 Å². The van der Waals surface area contributed by atoms with E-state index in [1.807, 2.05) is 0 Å². The Morgan fingerprint density at radius 1 is 1.67 bits per heavy atom. The molecule has 1 aliphatic rings. The van der Waals surface area contributed by atoms with Crippen molar-refractivity contribution in [3.8, 4) is 11.5 Å². The lowest BCUT2D eigenvalue weighted by molar-refractivity contribution is -0.690. The molecule has 2 atom stereocenters. The van der Waals surface area contributed by atoms with Crippen LogP contribution in [0.3, 0.4) is 0 Å². The molecule has 0 amide bonds. The van der Waals surface area contributed by atoms with Gasteiger partial charge in [-0.2, -0.15) is 0 Å². The molecule has 7 heteroatoms. The minimum atomic E-state index is -1.07. The Morgan fingerprint density at radius 2 is 2.39 bits per heavy atom. The standard InChI is InChI=1S/C11H12ClNO4S/c1-17-8-3-5(2-6(12)9(8)14)10-13-7(4-18-10)11(15)16/h2-3,7,10,13-14H,4H2,1H3,(H,15,16)/t7-,10+/m0/s1. The van der Waals surface area contributed by atoms with Crippen molar-refractivity contribution in [2.24, 2.45) is 0 Å². The maximum atomic E-state index is 10.8. The molecule has 1 aliphatic heterocycles. The molecule has 2 rings (SSSR count). The number of aliphatic carboxylic acids is 1. The van der Waals surface area contributed by atoms with Crippen molar-refractivity contribution in [1.82, 2.24) is 0 Å². The zero-order valence-corrected chi connectivity index (χ0v) is 11.1. The molecule has 0 bridgehead atoms. The number of carboxylic acid groups (broad SMARTS) is 1. The van der Waals surface area contributed by atoms with Gasteiger partial charge in [0.1, 0.15) is 12.0 Å². The molecule has 5 nitrogen and oxygen atoms in total. The summed E-state index contributed by atoms with van der Waals surface area (Å²) in [7, 11) is 1.44. The molecule has 3 N–H and O–H groups in total. The first-order valence-electron chi connectivity index (χ1n) is 5.26. The van der Waals surface area contributed by atoms with Crippen molar-refractivity contribution in [1.29, 1.82) is 0 Å². The Balaban J connectivity index is 2.25. The number of rotatable bonds is 3. The number of carbonyl (C=O) groups excluding carboxylic acids is 1. The predicted molar refractivity (Wildman–Crippen MR) is 65.6 cm³/mol. The Labute approximate surface area is 113 Å². The Bertz CT molecular complexity index is 482. The average Bonchev–Trinajstić information content (AvgIpc) is 2.82. The molecule has 0 spiro atoms. The van der Waals surface area contributed by atoms with Crippen LogP contribution in [0.1, 0.15) is 10.9 Å². The van der Waals surface area contributed by atoms with Gasteiger partial charge < -0.3 is 25.1 Å². The first-order valence-corrected chi connectivity index (χ1v) is 6.69. The zero-order chi connectivity index (χ0) is 13.3. The Hall–Kier alpha value is -1.11. The van der Waals surface area contributed by atoms with Crippen molar-refractivity contribution >= 4 is 29.3 Å².